The number of esters is 1. The molecule has 0 amide bonds. The molecule has 33 heavy (non-hydrogen) atoms. The molecular formula is C26H23NO5S. The molecule has 0 bridgehead atoms. The molecule has 2 aromatic carbocycles. The van der Waals surface area contributed by atoms with Crippen molar-refractivity contribution >= 4 is 27.6 Å². The van der Waals surface area contributed by atoms with Gasteiger partial charge in [-0.2, -0.15) is 0 Å². The number of carbonyl (C=O) groups excluding carboxylic acids is 2. The van der Waals surface area contributed by atoms with Gasteiger partial charge in [0.1, 0.15) is 0 Å². The molecule has 0 fully saturated rings. The van der Waals surface area contributed by atoms with E-state index in [0.29, 0.717) is 22.9 Å². The van der Waals surface area contributed by atoms with Crippen molar-refractivity contribution < 1.29 is 22.7 Å². The fourth-order valence-electron chi connectivity index (χ4n) is 4.01. The quantitative estimate of drug-likeness (QED) is 0.289. The molecule has 6 nitrogen and oxygen atoms in total. The van der Waals surface area contributed by atoms with Crippen LogP contribution in [0, 0.1) is 6.92 Å². The zero-order valence-electron chi connectivity index (χ0n) is 18.3. The average molecular weight is 462 g/mol. The van der Waals surface area contributed by atoms with E-state index in [1.54, 1.807) is 72.1 Å². The summed E-state index contributed by atoms with van der Waals surface area (Å²) < 4.78 is 33.9. The number of ether oxygens (including phenoxy) is 1. The molecule has 0 saturated carbocycles. The van der Waals surface area contributed by atoms with Crippen LogP contribution in [0.4, 0.5) is 0 Å². The van der Waals surface area contributed by atoms with Crippen LogP contribution in [-0.4, -0.2) is 31.7 Å². The van der Waals surface area contributed by atoms with E-state index in [1.165, 1.54) is 6.07 Å². The lowest BCUT2D eigenvalue weighted by Gasteiger charge is -2.13. The van der Waals surface area contributed by atoms with Crippen LogP contribution in [-0.2, 0) is 20.3 Å². The van der Waals surface area contributed by atoms with Gasteiger partial charge in [-0.1, -0.05) is 54.1 Å². The van der Waals surface area contributed by atoms with Gasteiger partial charge in [0, 0.05) is 17.3 Å². The molecule has 168 valence electrons. The monoisotopic (exact) mass is 461 g/mol. The fourth-order valence-corrected chi connectivity index (χ4v) is 5.57. The van der Waals surface area contributed by atoms with Gasteiger partial charge < -0.3 is 9.14 Å². The van der Waals surface area contributed by atoms with Crippen molar-refractivity contribution in [2.75, 3.05) is 6.61 Å². The first kappa shape index (κ1) is 22.5. The molecule has 2 heterocycles. The number of hydrogen-bond donors (Lipinski definition) is 0. The molecule has 0 radical (unpaired) electrons. The van der Waals surface area contributed by atoms with Crippen LogP contribution in [0.1, 0.15) is 38.9 Å². The largest absolute Gasteiger partial charge is 0.462 e. The highest BCUT2D eigenvalue weighted by Gasteiger charge is 2.29. The van der Waals surface area contributed by atoms with Crippen LogP contribution in [0.2, 0.25) is 0 Å². The average Bonchev–Trinajstić information content (AvgIpc) is 3.13. The Bertz CT molecular complexity index is 1450. The maximum Gasteiger partial charge on any atom is 0.340 e. The van der Waals surface area contributed by atoms with Gasteiger partial charge >= 0.3 is 5.97 Å². The molecule has 0 spiro atoms. The van der Waals surface area contributed by atoms with Gasteiger partial charge in [0.2, 0.25) is 0 Å². The third kappa shape index (κ3) is 4.19. The van der Waals surface area contributed by atoms with Crippen LogP contribution in [0.5, 0.6) is 0 Å². The Kier molecular flexibility index (Phi) is 6.16. The first-order valence-electron chi connectivity index (χ1n) is 10.5. The molecule has 2 aromatic heterocycles. The molecule has 0 aliphatic rings. The molecule has 0 N–H and O–H groups in total. The van der Waals surface area contributed by atoms with Gasteiger partial charge in [-0.15, -0.1) is 0 Å². The smallest absolute Gasteiger partial charge is 0.340 e. The lowest BCUT2D eigenvalue weighted by molar-refractivity contribution is 0.0529. The zero-order chi connectivity index (χ0) is 23.6. The molecule has 0 aliphatic carbocycles. The Morgan fingerprint density at radius 1 is 1.03 bits per heavy atom. The first-order chi connectivity index (χ1) is 15.9. The summed E-state index contributed by atoms with van der Waals surface area (Å²) in [5.41, 5.74) is 2.83. The summed E-state index contributed by atoms with van der Waals surface area (Å²) in [6.45, 7) is 3.67. The van der Waals surface area contributed by atoms with Gasteiger partial charge in [-0.05, 0) is 37.6 Å². The minimum Gasteiger partial charge on any atom is -0.462 e. The molecule has 0 atom stereocenters. The van der Waals surface area contributed by atoms with E-state index in [1.807, 2.05) is 13.0 Å². The number of fused-ring (bicyclic) bond motifs is 1. The number of rotatable bonds is 7. The molecule has 4 aromatic rings. The molecule has 0 aliphatic heterocycles. The van der Waals surface area contributed by atoms with Crippen LogP contribution < -0.4 is 0 Å². The van der Waals surface area contributed by atoms with E-state index < -0.39 is 15.8 Å². The molecule has 0 unspecified atom stereocenters. The minimum atomic E-state index is -3.80. The van der Waals surface area contributed by atoms with Crippen molar-refractivity contribution in [1.29, 1.82) is 0 Å². The normalized spacial score (nSPS) is 11.5. The van der Waals surface area contributed by atoms with Crippen molar-refractivity contribution in [2.45, 2.75) is 24.5 Å². The standard InChI is InChI=1S/C26H23NO5S/c1-3-32-26(29)25-21-11-7-8-14-27(21)22(16-28)24(25)20-15-18(2)12-13-23(20)33(30,31)17-19-9-5-4-6-10-19/h4-16H,3,17H2,1-2H3. The molecular weight excluding hydrogens is 438 g/mol. The summed E-state index contributed by atoms with van der Waals surface area (Å²) >= 11 is 0. The van der Waals surface area contributed by atoms with Crippen molar-refractivity contribution in [3.05, 3.63) is 95.3 Å². The van der Waals surface area contributed by atoms with E-state index in [9.17, 15) is 18.0 Å². The highest BCUT2D eigenvalue weighted by molar-refractivity contribution is 7.90. The predicted octanol–water partition coefficient (Wildman–Crippen LogP) is 4.88. The SMILES string of the molecule is CCOC(=O)c1c(-c2cc(C)ccc2S(=O)(=O)Cc2ccccc2)c(C=O)n2ccccc12. The first-order valence-corrected chi connectivity index (χ1v) is 12.2. The number of aromatic nitrogens is 1. The second-order valence-electron chi connectivity index (χ2n) is 7.67. The number of carbonyl (C=O) groups is 2. The number of hydrogen-bond acceptors (Lipinski definition) is 5. The summed E-state index contributed by atoms with van der Waals surface area (Å²) in [7, 11) is -3.80. The number of pyridine rings is 1. The third-order valence-electron chi connectivity index (χ3n) is 5.41. The van der Waals surface area contributed by atoms with E-state index >= 15 is 0 Å². The van der Waals surface area contributed by atoms with Gasteiger partial charge in [-0.3, -0.25) is 4.79 Å². The van der Waals surface area contributed by atoms with Crippen LogP contribution in [0.25, 0.3) is 16.6 Å². The maximum atomic E-state index is 13.5. The minimum absolute atomic E-state index is 0.0570. The second kappa shape index (κ2) is 9.03. The van der Waals surface area contributed by atoms with E-state index in [4.69, 9.17) is 4.74 Å². The van der Waals surface area contributed by atoms with Crippen LogP contribution in [0.3, 0.4) is 0 Å². The number of sulfone groups is 1. The summed E-state index contributed by atoms with van der Waals surface area (Å²) in [6.07, 6.45) is 2.31. The summed E-state index contributed by atoms with van der Waals surface area (Å²) in [5, 5.41) is 0. The Morgan fingerprint density at radius 2 is 1.76 bits per heavy atom. The van der Waals surface area contributed by atoms with Gasteiger partial charge in [0.15, 0.2) is 16.1 Å². The van der Waals surface area contributed by atoms with Crippen molar-refractivity contribution in [3.63, 3.8) is 0 Å². The number of aldehydes is 1. The zero-order valence-corrected chi connectivity index (χ0v) is 19.1. The van der Waals surface area contributed by atoms with E-state index in [2.05, 4.69) is 0 Å². The molecule has 4 rings (SSSR count). The van der Waals surface area contributed by atoms with E-state index in [-0.39, 0.29) is 34.1 Å². The Hall–Kier alpha value is -3.71. The fraction of sp³-hybridized carbons (Fsp3) is 0.154. The topological polar surface area (TPSA) is 81.9 Å². The van der Waals surface area contributed by atoms with Gasteiger partial charge in [0.25, 0.3) is 0 Å². The Morgan fingerprint density at radius 3 is 2.45 bits per heavy atom. The Labute approximate surface area is 192 Å². The van der Waals surface area contributed by atoms with Crippen molar-refractivity contribution in [2.24, 2.45) is 0 Å². The van der Waals surface area contributed by atoms with Crippen LogP contribution >= 0.6 is 0 Å². The maximum absolute atomic E-state index is 13.5. The molecule has 0 saturated heterocycles. The highest BCUT2D eigenvalue weighted by Crippen LogP contribution is 2.38. The van der Waals surface area contributed by atoms with Crippen molar-refractivity contribution in [1.82, 2.24) is 4.40 Å². The predicted molar refractivity (Wildman–Crippen MR) is 126 cm³/mol. The lowest BCUT2D eigenvalue weighted by Crippen LogP contribution is -2.10. The second-order valence-corrected chi connectivity index (χ2v) is 9.63. The van der Waals surface area contributed by atoms with Gasteiger partial charge in [-0.25, -0.2) is 13.2 Å². The highest BCUT2D eigenvalue weighted by atomic mass is 32.2. The summed E-state index contributed by atoms with van der Waals surface area (Å²) in [5.74, 6) is -0.820. The van der Waals surface area contributed by atoms with Gasteiger partial charge in [0.05, 0.1) is 34.0 Å². The van der Waals surface area contributed by atoms with Crippen molar-refractivity contribution in [3.8, 4) is 11.1 Å². The molecule has 7 heteroatoms. The third-order valence-corrected chi connectivity index (χ3v) is 7.15. The summed E-state index contributed by atoms with van der Waals surface area (Å²) in [6, 6.07) is 19.0. The lowest BCUT2D eigenvalue weighted by atomic mass is 9.99. The Balaban J connectivity index is 2.03. The number of aryl methyl sites for hydroxylation is 1. The summed E-state index contributed by atoms with van der Waals surface area (Å²) in [4.78, 5) is 25.3. The number of benzene rings is 2. The number of nitrogens with zero attached hydrogens (tertiary/aromatic N) is 1. The van der Waals surface area contributed by atoms with E-state index in [0.717, 1.165) is 5.56 Å². The van der Waals surface area contributed by atoms with Crippen LogP contribution in [0.15, 0.2) is 77.8 Å².